The Morgan fingerprint density at radius 3 is 2.85 bits per heavy atom. The third kappa shape index (κ3) is 4.17. The van der Waals surface area contributed by atoms with Crippen molar-refractivity contribution >= 4 is 28.1 Å². The van der Waals surface area contributed by atoms with Crippen molar-refractivity contribution in [2.75, 3.05) is 6.79 Å². The Morgan fingerprint density at radius 1 is 1.19 bits per heavy atom. The molecule has 1 amide bonds. The number of benzene rings is 2. The average molecular weight is 427 g/mol. The van der Waals surface area contributed by atoms with Crippen LogP contribution in [0.5, 0.6) is 11.5 Å². The van der Waals surface area contributed by atoms with Gasteiger partial charge in [-0.15, -0.1) is 0 Å². The van der Waals surface area contributed by atoms with Crippen LogP contribution in [-0.2, 0) is 6.54 Å². The molecule has 136 valence electrons. The van der Waals surface area contributed by atoms with Crippen LogP contribution >= 0.6 is 15.9 Å². The zero-order valence-electron chi connectivity index (χ0n) is 14.1. The molecule has 0 saturated carbocycles. The third-order valence-electron chi connectivity index (χ3n) is 3.91. The van der Waals surface area contributed by atoms with Crippen LogP contribution in [0.3, 0.4) is 0 Å². The first-order valence-corrected chi connectivity index (χ1v) is 8.98. The molecule has 1 aliphatic rings. The Labute approximate surface area is 163 Å². The normalized spacial score (nSPS) is 12.5. The minimum absolute atomic E-state index is 0.218. The van der Waals surface area contributed by atoms with Crippen molar-refractivity contribution in [2.24, 2.45) is 5.10 Å². The molecule has 0 bridgehead atoms. The summed E-state index contributed by atoms with van der Waals surface area (Å²) in [6.07, 6.45) is 3.30. The summed E-state index contributed by atoms with van der Waals surface area (Å²) in [6.45, 7) is 0.802. The lowest BCUT2D eigenvalue weighted by Crippen LogP contribution is -2.18. The van der Waals surface area contributed by atoms with Gasteiger partial charge in [-0.3, -0.25) is 9.48 Å². The number of halogens is 1. The number of amides is 1. The van der Waals surface area contributed by atoms with Gasteiger partial charge < -0.3 is 9.47 Å². The molecule has 8 heteroatoms. The molecule has 0 unspecified atom stereocenters. The minimum Gasteiger partial charge on any atom is -0.454 e. The quantitative estimate of drug-likeness (QED) is 0.501. The number of hydrogen-bond donors (Lipinski definition) is 1. The number of ether oxygens (including phenoxy) is 2. The van der Waals surface area contributed by atoms with Gasteiger partial charge in [0.1, 0.15) is 0 Å². The smallest absolute Gasteiger partial charge is 0.291 e. The van der Waals surface area contributed by atoms with E-state index in [2.05, 4.69) is 31.6 Å². The van der Waals surface area contributed by atoms with Gasteiger partial charge >= 0.3 is 0 Å². The van der Waals surface area contributed by atoms with Crippen molar-refractivity contribution < 1.29 is 14.3 Å². The summed E-state index contributed by atoms with van der Waals surface area (Å²) in [7, 11) is 0. The van der Waals surface area contributed by atoms with Gasteiger partial charge in [-0.25, -0.2) is 5.43 Å². The SMILES string of the molecule is O=C(N/N=C\c1ccc2c(c1)OCO2)c1ccn(Cc2ccc(Br)cc2)n1. The fraction of sp³-hybridized carbons (Fsp3) is 0.105. The highest BCUT2D eigenvalue weighted by atomic mass is 79.9. The molecule has 0 radical (unpaired) electrons. The summed E-state index contributed by atoms with van der Waals surface area (Å²) in [5, 5.41) is 8.25. The average Bonchev–Trinajstić information content (AvgIpc) is 3.32. The molecule has 4 rings (SSSR count). The molecule has 1 N–H and O–H groups in total. The molecule has 0 spiro atoms. The number of rotatable bonds is 5. The lowest BCUT2D eigenvalue weighted by molar-refractivity contribution is 0.0949. The fourth-order valence-corrected chi connectivity index (χ4v) is 2.83. The summed E-state index contributed by atoms with van der Waals surface area (Å²) >= 11 is 3.41. The van der Waals surface area contributed by atoms with Crippen molar-refractivity contribution in [1.29, 1.82) is 0 Å². The largest absolute Gasteiger partial charge is 0.454 e. The van der Waals surface area contributed by atoms with Gasteiger partial charge in [0.05, 0.1) is 12.8 Å². The Kier molecular flexibility index (Phi) is 4.88. The van der Waals surface area contributed by atoms with Gasteiger partial charge in [0.25, 0.3) is 5.91 Å². The molecule has 0 saturated heterocycles. The van der Waals surface area contributed by atoms with E-state index in [1.165, 1.54) is 0 Å². The van der Waals surface area contributed by atoms with Crippen molar-refractivity contribution in [3.63, 3.8) is 0 Å². The topological polar surface area (TPSA) is 77.7 Å². The molecular formula is C19H15BrN4O3. The van der Waals surface area contributed by atoms with Crippen molar-refractivity contribution in [3.05, 3.63) is 76.0 Å². The van der Waals surface area contributed by atoms with E-state index in [-0.39, 0.29) is 12.7 Å². The molecule has 1 aliphatic heterocycles. The fourth-order valence-electron chi connectivity index (χ4n) is 2.56. The monoisotopic (exact) mass is 426 g/mol. The van der Waals surface area contributed by atoms with Crippen molar-refractivity contribution in [1.82, 2.24) is 15.2 Å². The number of hydrogen-bond acceptors (Lipinski definition) is 5. The van der Waals surface area contributed by atoms with Crippen molar-refractivity contribution in [2.45, 2.75) is 6.54 Å². The second-order valence-corrected chi connectivity index (χ2v) is 6.75. The highest BCUT2D eigenvalue weighted by Gasteiger charge is 2.12. The number of nitrogens with one attached hydrogen (secondary N) is 1. The van der Waals surface area contributed by atoms with Gasteiger partial charge in [0, 0.05) is 10.7 Å². The van der Waals surface area contributed by atoms with Crippen molar-refractivity contribution in [3.8, 4) is 11.5 Å². The molecule has 0 atom stereocenters. The van der Waals surface area contributed by atoms with Gasteiger partial charge in [-0.05, 0) is 47.5 Å². The molecular weight excluding hydrogens is 412 g/mol. The molecule has 2 aromatic carbocycles. The summed E-state index contributed by atoms with van der Waals surface area (Å²) < 4.78 is 13.3. The Hall–Kier alpha value is -3.13. The summed E-state index contributed by atoms with van der Waals surface area (Å²) in [6, 6.07) is 15.0. The standard InChI is InChI=1S/C19H15BrN4O3/c20-15-4-1-13(2-5-15)11-24-8-7-16(23-24)19(25)22-21-10-14-3-6-17-18(9-14)27-12-26-17/h1-10H,11-12H2,(H,22,25)/b21-10-. The number of carbonyl (C=O) groups is 1. The highest BCUT2D eigenvalue weighted by Crippen LogP contribution is 2.31. The first kappa shape index (κ1) is 17.3. The maximum Gasteiger partial charge on any atom is 0.291 e. The van der Waals surface area contributed by atoms with Crippen LogP contribution < -0.4 is 14.9 Å². The molecule has 3 aromatic rings. The predicted octanol–water partition coefficient (Wildman–Crippen LogP) is 3.19. The molecule has 0 fully saturated rings. The van der Waals surface area contributed by atoms with Crippen LogP contribution in [0.15, 0.2) is 64.3 Å². The van der Waals surface area contributed by atoms with Gasteiger partial charge in [0.2, 0.25) is 6.79 Å². The molecule has 2 heterocycles. The van der Waals surface area contributed by atoms with E-state index in [4.69, 9.17) is 9.47 Å². The van der Waals surface area contributed by atoms with E-state index in [1.807, 2.05) is 30.3 Å². The number of nitrogens with zero attached hydrogens (tertiary/aromatic N) is 3. The Bertz CT molecular complexity index is 998. The van der Waals surface area contributed by atoms with Crippen LogP contribution in [0.4, 0.5) is 0 Å². The maximum absolute atomic E-state index is 12.2. The van der Waals surface area contributed by atoms with Gasteiger partial charge in [-0.1, -0.05) is 28.1 Å². The zero-order chi connectivity index (χ0) is 18.6. The van der Waals surface area contributed by atoms with Crippen LogP contribution in [0.1, 0.15) is 21.6 Å². The molecule has 7 nitrogen and oxygen atoms in total. The Balaban J connectivity index is 1.36. The number of aromatic nitrogens is 2. The minimum atomic E-state index is -0.374. The third-order valence-corrected chi connectivity index (χ3v) is 4.44. The molecule has 0 aliphatic carbocycles. The van der Waals surface area contributed by atoms with Crippen LogP contribution in [0.25, 0.3) is 0 Å². The van der Waals surface area contributed by atoms with E-state index in [9.17, 15) is 4.79 Å². The second kappa shape index (κ2) is 7.63. The first-order valence-electron chi connectivity index (χ1n) is 8.18. The van der Waals surface area contributed by atoms with E-state index in [1.54, 1.807) is 35.3 Å². The first-order chi connectivity index (χ1) is 13.2. The molecule has 27 heavy (non-hydrogen) atoms. The van der Waals surface area contributed by atoms with E-state index in [0.717, 1.165) is 15.6 Å². The van der Waals surface area contributed by atoms with Crippen LogP contribution in [-0.4, -0.2) is 28.7 Å². The second-order valence-electron chi connectivity index (χ2n) is 5.84. The lowest BCUT2D eigenvalue weighted by Gasteiger charge is -2.02. The van der Waals surface area contributed by atoms with E-state index >= 15 is 0 Å². The summed E-state index contributed by atoms with van der Waals surface area (Å²) in [5.41, 5.74) is 4.66. The highest BCUT2D eigenvalue weighted by molar-refractivity contribution is 9.10. The van der Waals surface area contributed by atoms with Gasteiger partial charge in [-0.2, -0.15) is 10.2 Å². The molecule has 1 aromatic heterocycles. The number of hydrazone groups is 1. The maximum atomic E-state index is 12.2. The summed E-state index contributed by atoms with van der Waals surface area (Å²) in [4.78, 5) is 12.2. The van der Waals surface area contributed by atoms with E-state index < -0.39 is 0 Å². The summed E-state index contributed by atoms with van der Waals surface area (Å²) in [5.74, 6) is 0.992. The van der Waals surface area contributed by atoms with Crippen LogP contribution in [0.2, 0.25) is 0 Å². The van der Waals surface area contributed by atoms with Gasteiger partial charge in [0.15, 0.2) is 17.2 Å². The predicted molar refractivity (Wildman–Crippen MR) is 103 cm³/mol. The van der Waals surface area contributed by atoms with Crippen LogP contribution in [0, 0.1) is 0 Å². The number of carbonyl (C=O) groups excluding carboxylic acids is 1. The Morgan fingerprint density at radius 2 is 2.00 bits per heavy atom. The number of fused-ring (bicyclic) bond motifs is 1. The van der Waals surface area contributed by atoms with E-state index in [0.29, 0.717) is 23.7 Å². The zero-order valence-corrected chi connectivity index (χ0v) is 15.7. The lowest BCUT2D eigenvalue weighted by atomic mass is 10.2.